The maximum absolute atomic E-state index is 11.2. The van der Waals surface area contributed by atoms with Crippen LogP contribution in [0.1, 0.15) is 27.3 Å². The second kappa shape index (κ2) is 4.05. The molecule has 0 aliphatic rings. The van der Waals surface area contributed by atoms with Crippen LogP contribution in [-0.2, 0) is 0 Å². The van der Waals surface area contributed by atoms with Gasteiger partial charge in [0, 0.05) is 0 Å². The van der Waals surface area contributed by atoms with E-state index in [1.54, 1.807) is 17.8 Å². The summed E-state index contributed by atoms with van der Waals surface area (Å²) in [5.74, 6) is -0.957. The van der Waals surface area contributed by atoms with Crippen LogP contribution < -0.4 is 0 Å². The first-order chi connectivity index (χ1) is 8.02. The van der Waals surface area contributed by atoms with Crippen LogP contribution in [-0.4, -0.2) is 20.6 Å². The minimum absolute atomic E-state index is 0.221. The van der Waals surface area contributed by atoms with E-state index in [2.05, 4.69) is 4.98 Å². The fourth-order valence-corrected chi connectivity index (χ4v) is 1.87. The second-order valence-corrected chi connectivity index (χ2v) is 4.07. The Labute approximate surface area is 99.5 Å². The summed E-state index contributed by atoms with van der Waals surface area (Å²) in [4.78, 5) is 15.3. The van der Waals surface area contributed by atoms with E-state index in [1.807, 2.05) is 32.0 Å². The number of carboxylic acids is 1. The smallest absolute Gasteiger partial charge is 0.354 e. The van der Waals surface area contributed by atoms with Crippen LogP contribution in [0.5, 0.6) is 0 Å². The van der Waals surface area contributed by atoms with Crippen molar-refractivity contribution in [2.24, 2.45) is 0 Å². The lowest BCUT2D eigenvalue weighted by Crippen LogP contribution is -2.08. The van der Waals surface area contributed by atoms with Crippen molar-refractivity contribution in [3.8, 4) is 5.69 Å². The molecule has 4 nitrogen and oxygen atoms in total. The zero-order valence-corrected chi connectivity index (χ0v) is 10.1. The third-order valence-electron chi connectivity index (χ3n) is 2.99. The summed E-state index contributed by atoms with van der Waals surface area (Å²) in [7, 11) is 0. The molecule has 1 heterocycles. The van der Waals surface area contributed by atoms with E-state index in [0.717, 1.165) is 16.8 Å². The van der Waals surface area contributed by atoms with Gasteiger partial charge in [-0.05, 0) is 38.0 Å². The van der Waals surface area contributed by atoms with E-state index in [4.69, 9.17) is 0 Å². The quantitative estimate of drug-likeness (QED) is 0.862. The summed E-state index contributed by atoms with van der Waals surface area (Å²) in [6.07, 6.45) is 1.56. The van der Waals surface area contributed by atoms with Crippen LogP contribution in [0.4, 0.5) is 0 Å². The Balaban J connectivity index is 2.69. The highest BCUT2D eigenvalue weighted by atomic mass is 16.4. The van der Waals surface area contributed by atoms with Crippen molar-refractivity contribution in [1.82, 2.24) is 9.55 Å². The Morgan fingerprint density at radius 1 is 1.29 bits per heavy atom. The summed E-state index contributed by atoms with van der Waals surface area (Å²) in [5.41, 5.74) is 3.80. The number of hydrogen-bond donors (Lipinski definition) is 1. The predicted octanol–water partition coefficient (Wildman–Crippen LogP) is 2.50. The molecule has 88 valence electrons. The molecule has 1 N–H and O–H groups in total. The van der Waals surface area contributed by atoms with Gasteiger partial charge in [0.25, 0.3) is 0 Å². The molecular formula is C13H14N2O2. The number of imidazole rings is 1. The van der Waals surface area contributed by atoms with Gasteiger partial charge in [-0.1, -0.05) is 12.1 Å². The van der Waals surface area contributed by atoms with Gasteiger partial charge in [0.15, 0.2) is 5.69 Å². The molecule has 0 amide bonds. The third kappa shape index (κ3) is 1.82. The number of aryl methyl sites for hydroxylation is 2. The third-order valence-corrected chi connectivity index (χ3v) is 2.99. The zero-order chi connectivity index (χ0) is 12.6. The average Bonchev–Trinajstić information content (AvgIpc) is 2.64. The molecular weight excluding hydrogens is 216 g/mol. The molecule has 17 heavy (non-hydrogen) atoms. The highest BCUT2D eigenvalue weighted by molar-refractivity contribution is 5.87. The lowest BCUT2D eigenvalue weighted by molar-refractivity contribution is 0.0687. The van der Waals surface area contributed by atoms with Crippen molar-refractivity contribution in [3.05, 3.63) is 47.0 Å². The Kier molecular flexibility index (Phi) is 2.71. The minimum Gasteiger partial charge on any atom is -0.477 e. The van der Waals surface area contributed by atoms with Gasteiger partial charge >= 0.3 is 5.97 Å². The Morgan fingerprint density at radius 2 is 2.00 bits per heavy atom. The SMILES string of the molecule is Cc1cccc(-n2cnc(C)c2C(=O)O)c1C. The molecule has 4 heteroatoms. The molecule has 0 spiro atoms. The molecule has 0 radical (unpaired) electrons. The van der Waals surface area contributed by atoms with Gasteiger partial charge in [-0.3, -0.25) is 4.57 Å². The van der Waals surface area contributed by atoms with Crippen LogP contribution in [0.3, 0.4) is 0 Å². The first-order valence-corrected chi connectivity index (χ1v) is 5.36. The van der Waals surface area contributed by atoms with E-state index in [0.29, 0.717) is 5.69 Å². The maximum Gasteiger partial charge on any atom is 0.354 e. The first-order valence-electron chi connectivity index (χ1n) is 5.36. The Bertz CT molecular complexity index is 585. The van der Waals surface area contributed by atoms with Crippen molar-refractivity contribution >= 4 is 5.97 Å². The topological polar surface area (TPSA) is 55.1 Å². The Hall–Kier alpha value is -2.10. The van der Waals surface area contributed by atoms with Gasteiger partial charge < -0.3 is 5.11 Å². The molecule has 2 aromatic rings. The summed E-state index contributed by atoms with van der Waals surface area (Å²) < 4.78 is 1.62. The van der Waals surface area contributed by atoms with Crippen molar-refractivity contribution in [2.75, 3.05) is 0 Å². The summed E-state index contributed by atoms with van der Waals surface area (Å²) in [6.45, 7) is 5.68. The van der Waals surface area contributed by atoms with Crippen molar-refractivity contribution in [1.29, 1.82) is 0 Å². The normalized spacial score (nSPS) is 10.5. The number of carbonyl (C=O) groups is 1. The van der Waals surface area contributed by atoms with E-state index in [9.17, 15) is 9.90 Å². The number of carboxylic acid groups (broad SMARTS) is 1. The minimum atomic E-state index is -0.957. The second-order valence-electron chi connectivity index (χ2n) is 4.07. The predicted molar refractivity (Wildman–Crippen MR) is 64.7 cm³/mol. The van der Waals surface area contributed by atoms with Crippen LogP contribution in [0.25, 0.3) is 5.69 Å². The number of nitrogens with zero attached hydrogens (tertiary/aromatic N) is 2. The van der Waals surface area contributed by atoms with Crippen molar-refractivity contribution < 1.29 is 9.90 Å². The standard InChI is InChI=1S/C13H14N2O2/c1-8-5-4-6-11(9(8)2)15-7-14-10(3)12(15)13(16)17/h4-7H,1-3H3,(H,16,17). The molecule has 0 aliphatic heterocycles. The summed E-state index contributed by atoms with van der Waals surface area (Å²) >= 11 is 0. The lowest BCUT2D eigenvalue weighted by atomic mass is 10.1. The fraction of sp³-hybridized carbons (Fsp3) is 0.231. The van der Waals surface area contributed by atoms with Crippen LogP contribution in [0, 0.1) is 20.8 Å². The molecule has 0 aliphatic carbocycles. The van der Waals surface area contributed by atoms with Crippen LogP contribution in [0.15, 0.2) is 24.5 Å². The molecule has 1 aromatic carbocycles. The number of rotatable bonds is 2. The first kappa shape index (κ1) is 11.4. The monoisotopic (exact) mass is 230 g/mol. The van der Waals surface area contributed by atoms with E-state index in [1.165, 1.54) is 0 Å². The zero-order valence-electron chi connectivity index (χ0n) is 10.1. The molecule has 0 bridgehead atoms. The van der Waals surface area contributed by atoms with Gasteiger partial charge in [0.1, 0.15) is 6.33 Å². The lowest BCUT2D eigenvalue weighted by Gasteiger charge is -2.11. The van der Waals surface area contributed by atoms with Crippen LogP contribution >= 0.6 is 0 Å². The molecule has 0 atom stereocenters. The number of hydrogen-bond acceptors (Lipinski definition) is 2. The molecule has 2 rings (SSSR count). The summed E-state index contributed by atoms with van der Waals surface area (Å²) in [5, 5.41) is 9.20. The van der Waals surface area contributed by atoms with E-state index < -0.39 is 5.97 Å². The largest absolute Gasteiger partial charge is 0.477 e. The molecule has 0 saturated heterocycles. The van der Waals surface area contributed by atoms with Gasteiger partial charge in [0.2, 0.25) is 0 Å². The van der Waals surface area contributed by atoms with E-state index >= 15 is 0 Å². The van der Waals surface area contributed by atoms with Gasteiger partial charge in [0.05, 0.1) is 11.4 Å². The average molecular weight is 230 g/mol. The summed E-state index contributed by atoms with van der Waals surface area (Å²) in [6, 6.07) is 5.82. The molecule has 1 aromatic heterocycles. The van der Waals surface area contributed by atoms with Crippen molar-refractivity contribution in [2.45, 2.75) is 20.8 Å². The van der Waals surface area contributed by atoms with Gasteiger partial charge in [-0.2, -0.15) is 0 Å². The number of benzene rings is 1. The Morgan fingerprint density at radius 3 is 2.65 bits per heavy atom. The van der Waals surface area contributed by atoms with Crippen LogP contribution in [0.2, 0.25) is 0 Å². The van der Waals surface area contributed by atoms with Gasteiger partial charge in [-0.25, -0.2) is 9.78 Å². The highest BCUT2D eigenvalue weighted by Crippen LogP contribution is 2.20. The molecule has 0 unspecified atom stereocenters. The molecule has 0 fully saturated rings. The highest BCUT2D eigenvalue weighted by Gasteiger charge is 2.17. The maximum atomic E-state index is 11.2. The fourth-order valence-electron chi connectivity index (χ4n) is 1.87. The number of aromatic carboxylic acids is 1. The van der Waals surface area contributed by atoms with Crippen molar-refractivity contribution in [3.63, 3.8) is 0 Å². The number of aromatic nitrogens is 2. The molecule has 0 saturated carbocycles. The van der Waals surface area contributed by atoms with E-state index in [-0.39, 0.29) is 5.69 Å². The van der Waals surface area contributed by atoms with Gasteiger partial charge in [-0.15, -0.1) is 0 Å².